The Bertz CT molecular complexity index is 1250. The smallest absolute Gasteiger partial charge is 0.338 e. The molecule has 32 heavy (non-hydrogen) atoms. The molecular formula is C18H16ClF2N5O4S2. The van der Waals surface area contributed by atoms with Crippen LogP contribution in [0.25, 0.3) is 0 Å². The SMILES string of the molecule is COC(=O)C1=C2C[C@H](NS(N)(=O)=O)CN2C(c2nccs2)=N[C@@H]1c1ccc(F)c(F)c1Cl. The van der Waals surface area contributed by atoms with Gasteiger partial charge in [-0.25, -0.2) is 23.7 Å². The lowest BCUT2D eigenvalue weighted by Gasteiger charge is -2.31. The highest BCUT2D eigenvalue weighted by Gasteiger charge is 2.43. The van der Waals surface area contributed by atoms with Crippen molar-refractivity contribution >= 4 is 45.0 Å². The summed E-state index contributed by atoms with van der Waals surface area (Å²) in [5, 5.41) is 6.79. The number of hydrogen-bond acceptors (Lipinski definition) is 8. The maximum absolute atomic E-state index is 14.2. The molecule has 0 amide bonds. The van der Waals surface area contributed by atoms with Crippen LogP contribution >= 0.6 is 22.9 Å². The number of esters is 1. The van der Waals surface area contributed by atoms with E-state index in [9.17, 15) is 22.0 Å². The predicted octanol–water partition coefficient (Wildman–Crippen LogP) is 1.87. The Morgan fingerprint density at radius 3 is 2.78 bits per heavy atom. The summed E-state index contributed by atoms with van der Waals surface area (Å²) in [6.45, 7) is 0.114. The standard InChI is InChI=1S/C18H16ClF2N5O4S2/c1-30-18(27)12-11-6-8(25-32(22,28)29)7-26(11)16(17-23-4-5-31-17)24-15(12)9-2-3-10(20)14(21)13(9)19/h2-5,8,15,25H,6-7H2,1H3,(H2,22,28,29)/t8-,15+/m0/s1. The highest BCUT2D eigenvalue weighted by Crippen LogP contribution is 2.43. The summed E-state index contributed by atoms with van der Waals surface area (Å²) in [6, 6.07) is 0.316. The van der Waals surface area contributed by atoms with E-state index in [0.717, 1.165) is 6.07 Å². The van der Waals surface area contributed by atoms with Crippen molar-refractivity contribution < 1.29 is 26.7 Å². The maximum Gasteiger partial charge on any atom is 0.338 e. The van der Waals surface area contributed by atoms with Gasteiger partial charge in [-0.3, -0.25) is 4.99 Å². The van der Waals surface area contributed by atoms with Crippen LogP contribution in [0.2, 0.25) is 5.02 Å². The molecule has 0 unspecified atom stereocenters. The van der Waals surface area contributed by atoms with Crippen LogP contribution in [0, 0.1) is 11.6 Å². The third-order valence-corrected chi connectivity index (χ3v) is 6.79. The van der Waals surface area contributed by atoms with E-state index in [1.807, 2.05) is 0 Å². The molecule has 0 spiro atoms. The molecule has 2 atom stereocenters. The Hall–Kier alpha value is -2.45. The molecule has 1 aromatic carbocycles. The van der Waals surface area contributed by atoms with Crippen molar-refractivity contribution in [3.05, 3.63) is 62.2 Å². The summed E-state index contributed by atoms with van der Waals surface area (Å²) in [7, 11) is -2.86. The summed E-state index contributed by atoms with van der Waals surface area (Å²) in [6.07, 6.45) is 1.63. The number of ether oxygens (including phenoxy) is 1. The van der Waals surface area contributed by atoms with Crippen LogP contribution < -0.4 is 9.86 Å². The normalized spacial score (nSPS) is 20.9. The van der Waals surface area contributed by atoms with Gasteiger partial charge in [0.25, 0.3) is 10.2 Å². The van der Waals surface area contributed by atoms with Gasteiger partial charge in [0.15, 0.2) is 22.5 Å². The molecule has 0 saturated carbocycles. The summed E-state index contributed by atoms with van der Waals surface area (Å²) in [5.74, 6) is -2.86. The molecule has 3 heterocycles. The van der Waals surface area contributed by atoms with E-state index >= 15 is 0 Å². The predicted molar refractivity (Wildman–Crippen MR) is 113 cm³/mol. The van der Waals surface area contributed by atoms with Crippen molar-refractivity contribution in [3.8, 4) is 0 Å². The minimum Gasteiger partial charge on any atom is -0.466 e. The lowest BCUT2D eigenvalue weighted by molar-refractivity contribution is -0.136. The van der Waals surface area contributed by atoms with E-state index in [1.165, 1.54) is 24.5 Å². The van der Waals surface area contributed by atoms with Gasteiger partial charge in [0.1, 0.15) is 6.04 Å². The second-order valence-corrected chi connectivity index (χ2v) is 9.58. The number of aliphatic imine (C=N–C) groups is 1. The van der Waals surface area contributed by atoms with Crippen LogP contribution in [0.3, 0.4) is 0 Å². The van der Waals surface area contributed by atoms with Gasteiger partial charge in [-0.1, -0.05) is 17.7 Å². The lowest BCUT2D eigenvalue weighted by Crippen LogP contribution is -2.42. The summed E-state index contributed by atoms with van der Waals surface area (Å²) >= 11 is 7.34. The fourth-order valence-electron chi connectivity index (χ4n) is 3.75. The molecule has 4 rings (SSSR count). The van der Waals surface area contributed by atoms with Gasteiger partial charge in [-0.2, -0.15) is 13.1 Å². The number of amidine groups is 1. The monoisotopic (exact) mass is 503 g/mol. The van der Waals surface area contributed by atoms with Gasteiger partial charge in [0.05, 0.1) is 17.7 Å². The van der Waals surface area contributed by atoms with E-state index < -0.39 is 44.9 Å². The molecule has 9 nitrogen and oxygen atoms in total. The minimum atomic E-state index is -4.03. The van der Waals surface area contributed by atoms with Crippen molar-refractivity contribution in [3.63, 3.8) is 0 Å². The molecule has 2 aliphatic rings. The van der Waals surface area contributed by atoms with Crippen LogP contribution in [0.4, 0.5) is 8.78 Å². The van der Waals surface area contributed by atoms with Crippen LogP contribution in [0.15, 0.2) is 40.0 Å². The quantitative estimate of drug-likeness (QED) is 0.473. The molecule has 2 aliphatic heterocycles. The molecule has 0 aliphatic carbocycles. The Balaban J connectivity index is 1.92. The van der Waals surface area contributed by atoms with Crippen LogP contribution in [-0.4, -0.2) is 49.8 Å². The van der Waals surface area contributed by atoms with Crippen LogP contribution in [-0.2, 0) is 19.7 Å². The van der Waals surface area contributed by atoms with E-state index in [2.05, 4.69) is 14.7 Å². The van der Waals surface area contributed by atoms with Gasteiger partial charge in [-0.15, -0.1) is 11.3 Å². The van der Waals surface area contributed by atoms with Crippen LogP contribution in [0.1, 0.15) is 23.0 Å². The first-order valence-electron chi connectivity index (χ1n) is 9.10. The topological polar surface area (TPSA) is 127 Å². The van der Waals surface area contributed by atoms with Gasteiger partial charge < -0.3 is 9.64 Å². The Labute approximate surface area is 190 Å². The number of nitrogens with zero attached hydrogens (tertiary/aromatic N) is 3. The second kappa shape index (κ2) is 8.48. The zero-order chi connectivity index (χ0) is 23.2. The summed E-state index contributed by atoms with van der Waals surface area (Å²) < 4.78 is 58.3. The number of carbonyl (C=O) groups excluding carboxylic acids is 1. The second-order valence-electron chi connectivity index (χ2n) is 6.98. The molecule has 1 fully saturated rings. The van der Waals surface area contributed by atoms with Crippen molar-refractivity contribution in [2.24, 2.45) is 10.1 Å². The molecule has 1 saturated heterocycles. The number of nitrogens with two attached hydrogens (primary N) is 1. The number of hydrogen-bond donors (Lipinski definition) is 2. The third kappa shape index (κ3) is 4.13. The molecule has 1 aromatic heterocycles. The number of thiazole rings is 1. The number of fused-ring (bicyclic) bond motifs is 1. The molecule has 2 aromatic rings. The number of carbonyl (C=O) groups is 1. The zero-order valence-electron chi connectivity index (χ0n) is 16.4. The molecule has 14 heteroatoms. The summed E-state index contributed by atoms with van der Waals surface area (Å²) in [4.78, 5) is 23.3. The largest absolute Gasteiger partial charge is 0.466 e. The average molecular weight is 504 g/mol. The molecule has 0 radical (unpaired) electrons. The van der Waals surface area contributed by atoms with Gasteiger partial charge >= 0.3 is 5.97 Å². The maximum atomic E-state index is 14.2. The average Bonchev–Trinajstić information content (AvgIpc) is 3.39. The highest BCUT2D eigenvalue weighted by atomic mass is 35.5. The Kier molecular flexibility index (Phi) is 6.02. The number of nitrogens with one attached hydrogen (secondary N) is 1. The summed E-state index contributed by atoms with van der Waals surface area (Å²) in [5.41, 5.74) is 0.471. The van der Waals surface area contributed by atoms with E-state index in [0.29, 0.717) is 16.5 Å². The number of rotatable bonds is 5. The molecule has 170 valence electrons. The fraction of sp³-hybridized carbons (Fsp3) is 0.278. The van der Waals surface area contributed by atoms with Crippen LogP contribution in [0.5, 0.6) is 0 Å². The highest BCUT2D eigenvalue weighted by molar-refractivity contribution is 7.87. The first kappa shape index (κ1) is 22.7. The molecule has 3 N–H and O–H groups in total. The first-order chi connectivity index (χ1) is 15.1. The Morgan fingerprint density at radius 2 is 2.16 bits per heavy atom. The minimum absolute atomic E-state index is 0.0273. The first-order valence-corrected chi connectivity index (χ1v) is 11.9. The number of halogens is 3. The number of benzene rings is 1. The van der Waals surface area contributed by atoms with E-state index in [4.69, 9.17) is 21.5 Å². The van der Waals surface area contributed by atoms with Crippen molar-refractivity contribution in [2.45, 2.75) is 18.5 Å². The lowest BCUT2D eigenvalue weighted by atomic mass is 9.94. The Morgan fingerprint density at radius 1 is 1.41 bits per heavy atom. The number of methoxy groups -OCH3 is 1. The molecular weight excluding hydrogens is 488 g/mol. The van der Waals surface area contributed by atoms with Crippen molar-refractivity contribution in [1.29, 1.82) is 0 Å². The van der Waals surface area contributed by atoms with Crippen molar-refractivity contribution in [1.82, 2.24) is 14.6 Å². The van der Waals surface area contributed by atoms with E-state index in [1.54, 1.807) is 16.5 Å². The number of aromatic nitrogens is 1. The fourth-order valence-corrected chi connectivity index (χ4v) is 5.27. The van der Waals surface area contributed by atoms with Crippen molar-refractivity contribution in [2.75, 3.05) is 13.7 Å². The zero-order valence-corrected chi connectivity index (χ0v) is 18.8. The third-order valence-electron chi connectivity index (χ3n) is 4.98. The van der Waals surface area contributed by atoms with E-state index in [-0.39, 0.29) is 24.1 Å². The van der Waals surface area contributed by atoms with Gasteiger partial charge in [0, 0.05) is 41.8 Å². The van der Waals surface area contributed by atoms with Gasteiger partial charge in [-0.05, 0) is 6.07 Å². The van der Waals surface area contributed by atoms with Gasteiger partial charge in [0.2, 0.25) is 0 Å². The molecule has 0 bridgehead atoms.